The number of hydrogen-bond acceptors (Lipinski definition) is 5. The Kier molecular flexibility index (Phi) is 7.12. The summed E-state index contributed by atoms with van der Waals surface area (Å²) in [5.74, 6) is 0. The van der Waals surface area contributed by atoms with Gasteiger partial charge in [0, 0.05) is 26.2 Å². The molecule has 0 saturated heterocycles. The van der Waals surface area contributed by atoms with Crippen LogP contribution in [0.1, 0.15) is 0 Å². The standard InChI is InChI=1S/C8H20N2O3/c1-10(4-8(12)5-11)3-7(9)6-13-2/h7-8,11-12H,3-6,9H2,1-2H3. The number of aliphatic hydroxyl groups excluding tert-OH is 2. The van der Waals surface area contributed by atoms with Crippen molar-refractivity contribution >= 4 is 0 Å². The maximum atomic E-state index is 9.11. The van der Waals surface area contributed by atoms with Gasteiger partial charge in [0.25, 0.3) is 0 Å². The smallest absolute Gasteiger partial charge is 0.0897 e. The van der Waals surface area contributed by atoms with Crippen molar-refractivity contribution in [3.8, 4) is 0 Å². The molecule has 0 rings (SSSR count). The largest absolute Gasteiger partial charge is 0.394 e. The van der Waals surface area contributed by atoms with Gasteiger partial charge in [-0.1, -0.05) is 0 Å². The first-order chi connectivity index (χ1) is 6.10. The predicted molar refractivity (Wildman–Crippen MR) is 50.4 cm³/mol. The Labute approximate surface area is 79.1 Å². The zero-order valence-electron chi connectivity index (χ0n) is 8.31. The SMILES string of the molecule is COCC(N)CN(C)CC(O)CO. The quantitative estimate of drug-likeness (QED) is 0.445. The minimum absolute atomic E-state index is 0.0547. The molecule has 0 aliphatic rings. The van der Waals surface area contributed by atoms with Gasteiger partial charge in [-0.2, -0.15) is 0 Å². The average molecular weight is 192 g/mol. The van der Waals surface area contributed by atoms with E-state index in [1.807, 2.05) is 11.9 Å². The van der Waals surface area contributed by atoms with Crippen LogP contribution in [0.3, 0.4) is 0 Å². The van der Waals surface area contributed by atoms with Gasteiger partial charge in [-0.3, -0.25) is 0 Å². The molecule has 0 aromatic heterocycles. The second kappa shape index (κ2) is 7.23. The topological polar surface area (TPSA) is 79.0 Å². The van der Waals surface area contributed by atoms with Crippen LogP contribution in [0.4, 0.5) is 0 Å². The molecule has 2 unspecified atom stereocenters. The summed E-state index contributed by atoms with van der Waals surface area (Å²) in [6.07, 6.45) is -0.695. The third-order valence-corrected chi connectivity index (χ3v) is 1.66. The third-order valence-electron chi connectivity index (χ3n) is 1.66. The van der Waals surface area contributed by atoms with Crippen LogP contribution >= 0.6 is 0 Å². The Morgan fingerprint density at radius 2 is 2.08 bits per heavy atom. The zero-order chi connectivity index (χ0) is 10.3. The summed E-state index contributed by atoms with van der Waals surface area (Å²) >= 11 is 0. The van der Waals surface area contributed by atoms with E-state index < -0.39 is 6.10 Å². The minimum Gasteiger partial charge on any atom is -0.394 e. The molecule has 0 aromatic carbocycles. The lowest BCUT2D eigenvalue weighted by Gasteiger charge is -2.22. The van der Waals surface area contributed by atoms with E-state index in [9.17, 15) is 0 Å². The molecule has 0 heterocycles. The molecule has 0 fully saturated rings. The van der Waals surface area contributed by atoms with E-state index >= 15 is 0 Å². The van der Waals surface area contributed by atoms with E-state index in [0.717, 1.165) is 0 Å². The maximum absolute atomic E-state index is 9.11. The molecule has 5 heteroatoms. The fraction of sp³-hybridized carbons (Fsp3) is 1.00. The Morgan fingerprint density at radius 1 is 1.46 bits per heavy atom. The van der Waals surface area contributed by atoms with Crippen molar-refractivity contribution < 1.29 is 14.9 Å². The summed E-state index contributed by atoms with van der Waals surface area (Å²) in [5, 5.41) is 17.7. The monoisotopic (exact) mass is 192 g/mol. The van der Waals surface area contributed by atoms with Gasteiger partial charge in [0.1, 0.15) is 0 Å². The van der Waals surface area contributed by atoms with Crippen molar-refractivity contribution in [1.82, 2.24) is 4.90 Å². The molecule has 4 N–H and O–H groups in total. The molecular weight excluding hydrogens is 172 g/mol. The molecule has 0 aromatic rings. The number of ether oxygens (including phenoxy) is 1. The van der Waals surface area contributed by atoms with Gasteiger partial charge >= 0.3 is 0 Å². The molecule has 13 heavy (non-hydrogen) atoms. The van der Waals surface area contributed by atoms with E-state index in [2.05, 4.69) is 0 Å². The molecule has 0 saturated carbocycles. The first kappa shape index (κ1) is 12.8. The van der Waals surface area contributed by atoms with Crippen LogP contribution in [0.25, 0.3) is 0 Å². The van der Waals surface area contributed by atoms with Gasteiger partial charge in [0.2, 0.25) is 0 Å². The van der Waals surface area contributed by atoms with Crippen molar-refractivity contribution in [2.45, 2.75) is 12.1 Å². The summed E-state index contributed by atoms with van der Waals surface area (Å²) in [4.78, 5) is 1.87. The molecule has 0 spiro atoms. The highest BCUT2D eigenvalue weighted by molar-refractivity contribution is 4.67. The lowest BCUT2D eigenvalue weighted by molar-refractivity contribution is 0.0616. The normalized spacial score (nSPS) is 16.2. The minimum atomic E-state index is -0.695. The van der Waals surface area contributed by atoms with Crippen molar-refractivity contribution in [2.75, 3.05) is 40.5 Å². The Morgan fingerprint density at radius 3 is 2.54 bits per heavy atom. The molecule has 0 bridgehead atoms. The number of aliphatic hydroxyl groups is 2. The first-order valence-corrected chi connectivity index (χ1v) is 4.32. The number of hydrogen-bond donors (Lipinski definition) is 3. The van der Waals surface area contributed by atoms with E-state index in [1.165, 1.54) is 0 Å². The zero-order valence-corrected chi connectivity index (χ0v) is 8.31. The molecule has 0 amide bonds. The fourth-order valence-electron chi connectivity index (χ4n) is 1.16. The summed E-state index contributed by atoms with van der Waals surface area (Å²) < 4.78 is 4.87. The maximum Gasteiger partial charge on any atom is 0.0897 e. The Hall–Kier alpha value is -0.200. The number of methoxy groups -OCH3 is 1. The molecule has 0 aliphatic carbocycles. The lowest BCUT2D eigenvalue weighted by Crippen LogP contribution is -2.41. The lowest BCUT2D eigenvalue weighted by atomic mass is 10.3. The van der Waals surface area contributed by atoms with Crippen LogP contribution in [0.2, 0.25) is 0 Å². The van der Waals surface area contributed by atoms with Gasteiger partial charge in [-0.15, -0.1) is 0 Å². The summed E-state index contributed by atoms with van der Waals surface area (Å²) in [7, 11) is 3.44. The summed E-state index contributed by atoms with van der Waals surface area (Å²) in [6.45, 7) is 1.35. The third kappa shape index (κ3) is 6.92. The molecular formula is C8H20N2O3. The number of rotatable bonds is 7. The number of nitrogens with two attached hydrogens (primary N) is 1. The molecule has 2 atom stereocenters. The van der Waals surface area contributed by atoms with Gasteiger partial charge in [0.15, 0.2) is 0 Å². The first-order valence-electron chi connectivity index (χ1n) is 4.32. The van der Waals surface area contributed by atoms with E-state index in [0.29, 0.717) is 19.7 Å². The second-order valence-corrected chi connectivity index (χ2v) is 3.27. The van der Waals surface area contributed by atoms with Crippen LogP contribution in [0.5, 0.6) is 0 Å². The number of likely N-dealkylation sites (N-methyl/N-ethyl adjacent to an activating group) is 1. The van der Waals surface area contributed by atoms with Crippen molar-refractivity contribution in [3.63, 3.8) is 0 Å². The van der Waals surface area contributed by atoms with Gasteiger partial charge in [-0.25, -0.2) is 0 Å². The Balaban J connectivity index is 3.54. The van der Waals surface area contributed by atoms with Crippen molar-refractivity contribution in [2.24, 2.45) is 5.73 Å². The Bertz CT molecular complexity index is 124. The summed E-state index contributed by atoms with van der Waals surface area (Å²) in [5.41, 5.74) is 5.69. The fourth-order valence-corrected chi connectivity index (χ4v) is 1.16. The second-order valence-electron chi connectivity index (χ2n) is 3.27. The van der Waals surface area contributed by atoms with Crippen LogP contribution in [0, 0.1) is 0 Å². The van der Waals surface area contributed by atoms with Crippen LogP contribution < -0.4 is 5.73 Å². The van der Waals surface area contributed by atoms with Crippen LogP contribution in [-0.2, 0) is 4.74 Å². The average Bonchev–Trinajstić information content (AvgIpc) is 2.04. The highest BCUT2D eigenvalue weighted by Crippen LogP contribution is 1.91. The van der Waals surface area contributed by atoms with Gasteiger partial charge in [0.05, 0.1) is 19.3 Å². The van der Waals surface area contributed by atoms with Crippen molar-refractivity contribution in [3.05, 3.63) is 0 Å². The molecule has 0 aliphatic heterocycles. The predicted octanol–water partition coefficient (Wildman–Crippen LogP) is -1.75. The molecule has 0 radical (unpaired) electrons. The highest BCUT2D eigenvalue weighted by atomic mass is 16.5. The summed E-state index contributed by atoms with van der Waals surface area (Å²) in [6, 6.07) is -0.0547. The van der Waals surface area contributed by atoms with Crippen LogP contribution in [-0.4, -0.2) is 67.7 Å². The van der Waals surface area contributed by atoms with Gasteiger partial charge < -0.3 is 25.6 Å². The van der Waals surface area contributed by atoms with E-state index in [4.69, 9.17) is 20.7 Å². The number of nitrogens with zero attached hydrogens (tertiary/aromatic N) is 1. The molecule has 5 nitrogen and oxygen atoms in total. The van der Waals surface area contributed by atoms with E-state index in [1.54, 1.807) is 7.11 Å². The van der Waals surface area contributed by atoms with Crippen molar-refractivity contribution in [1.29, 1.82) is 0 Å². The van der Waals surface area contributed by atoms with E-state index in [-0.39, 0.29) is 12.6 Å². The van der Waals surface area contributed by atoms with Crippen LogP contribution in [0.15, 0.2) is 0 Å². The highest BCUT2D eigenvalue weighted by Gasteiger charge is 2.10. The van der Waals surface area contributed by atoms with Gasteiger partial charge in [-0.05, 0) is 7.05 Å². The molecule has 80 valence electrons.